The fraction of sp³-hybridized carbons (Fsp3) is 0.238. The molecule has 4 rings (SSSR count). The molecular formula is C21H22FN7. The maximum atomic E-state index is 14.2. The Kier molecular flexibility index (Phi) is 5.07. The highest BCUT2D eigenvalue weighted by Gasteiger charge is 2.41. The number of nitrogens with zero attached hydrogens (tertiary/aromatic N) is 4. The van der Waals surface area contributed by atoms with Gasteiger partial charge in [-0.2, -0.15) is 5.10 Å². The van der Waals surface area contributed by atoms with Gasteiger partial charge in [-0.15, -0.1) is 10.2 Å². The number of hydrogen-bond donors (Lipinski definition) is 3. The maximum absolute atomic E-state index is 14.2. The minimum Gasteiger partial charge on any atom is -0.382 e. The summed E-state index contributed by atoms with van der Waals surface area (Å²) in [5.41, 5.74) is 8.29. The summed E-state index contributed by atoms with van der Waals surface area (Å²) < 4.78 is 14.2. The van der Waals surface area contributed by atoms with E-state index in [0.29, 0.717) is 23.8 Å². The van der Waals surface area contributed by atoms with Crippen molar-refractivity contribution in [1.82, 2.24) is 15.2 Å². The summed E-state index contributed by atoms with van der Waals surface area (Å²) in [5.74, 6) is 5.88. The van der Waals surface area contributed by atoms with E-state index in [0.717, 1.165) is 30.4 Å². The third-order valence-electron chi connectivity index (χ3n) is 5.44. The maximum Gasteiger partial charge on any atom is 0.150 e. The third kappa shape index (κ3) is 3.73. The van der Waals surface area contributed by atoms with Gasteiger partial charge in [0.2, 0.25) is 0 Å². The second-order valence-corrected chi connectivity index (χ2v) is 7.22. The SMILES string of the molecule is NN=C(N)c1cccc(-c2ccc(NCC3(c4ncccc4F)CCC3)nn2)c1. The van der Waals surface area contributed by atoms with Gasteiger partial charge in [0, 0.05) is 29.3 Å². The Labute approximate surface area is 168 Å². The monoisotopic (exact) mass is 391 g/mol. The lowest BCUT2D eigenvalue weighted by Gasteiger charge is -2.41. The molecule has 0 radical (unpaired) electrons. The standard InChI is InChI=1S/C21H22FN7/c22-16-6-2-11-25-19(16)21(9-3-10-21)13-26-18-8-7-17(28-29-18)14-4-1-5-15(12-14)20(23)27-24/h1-2,4-8,11-12H,3,9-10,13,24H2,(H2,23,27)(H,26,29). The molecule has 0 spiro atoms. The normalized spacial score (nSPS) is 15.6. The number of benzene rings is 1. The minimum atomic E-state index is -0.293. The van der Waals surface area contributed by atoms with E-state index >= 15 is 0 Å². The lowest BCUT2D eigenvalue weighted by molar-refractivity contribution is 0.243. The number of hydrogen-bond acceptors (Lipinski definition) is 6. The molecule has 0 unspecified atom stereocenters. The van der Waals surface area contributed by atoms with E-state index in [4.69, 9.17) is 11.6 Å². The highest BCUT2D eigenvalue weighted by molar-refractivity contribution is 5.98. The number of rotatable bonds is 6. The van der Waals surface area contributed by atoms with Crippen LogP contribution in [0.5, 0.6) is 0 Å². The average Bonchev–Trinajstić information content (AvgIpc) is 2.74. The van der Waals surface area contributed by atoms with Crippen LogP contribution in [-0.4, -0.2) is 27.6 Å². The van der Waals surface area contributed by atoms with Crippen molar-refractivity contribution >= 4 is 11.7 Å². The van der Waals surface area contributed by atoms with E-state index in [1.807, 2.05) is 36.4 Å². The molecule has 2 heterocycles. The van der Waals surface area contributed by atoms with Crippen molar-refractivity contribution in [3.05, 3.63) is 71.8 Å². The molecule has 1 aliphatic rings. The number of nitrogens with two attached hydrogens (primary N) is 2. The minimum absolute atomic E-state index is 0.254. The molecule has 2 aromatic heterocycles. The number of anilines is 1. The van der Waals surface area contributed by atoms with Crippen molar-refractivity contribution in [3.8, 4) is 11.3 Å². The molecule has 29 heavy (non-hydrogen) atoms. The number of amidine groups is 1. The molecule has 5 N–H and O–H groups in total. The Balaban J connectivity index is 1.49. The van der Waals surface area contributed by atoms with Crippen LogP contribution in [0.25, 0.3) is 11.3 Å². The fourth-order valence-electron chi connectivity index (χ4n) is 3.63. The largest absolute Gasteiger partial charge is 0.382 e. The van der Waals surface area contributed by atoms with Gasteiger partial charge in [-0.3, -0.25) is 4.98 Å². The predicted octanol–water partition coefficient (Wildman–Crippen LogP) is 2.79. The molecule has 1 aliphatic carbocycles. The van der Waals surface area contributed by atoms with Gasteiger partial charge in [0.15, 0.2) is 0 Å². The number of hydrazone groups is 1. The molecule has 1 saturated carbocycles. The molecule has 1 fully saturated rings. The van der Waals surface area contributed by atoms with E-state index in [2.05, 4.69) is 25.6 Å². The molecular weight excluding hydrogens is 369 g/mol. The smallest absolute Gasteiger partial charge is 0.150 e. The van der Waals surface area contributed by atoms with Crippen LogP contribution in [0.15, 0.2) is 59.8 Å². The van der Waals surface area contributed by atoms with E-state index in [1.54, 1.807) is 12.3 Å². The summed E-state index contributed by atoms with van der Waals surface area (Å²) in [4.78, 5) is 4.29. The van der Waals surface area contributed by atoms with Gasteiger partial charge in [-0.25, -0.2) is 4.39 Å². The number of aromatic nitrogens is 3. The van der Waals surface area contributed by atoms with E-state index < -0.39 is 0 Å². The van der Waals surface area contributed by atoms with E-state index in [9.17, 15) is 4.39 Å². The highest BCUT2D eigenvalue weighted by atomic mass is 19.1. The molecule has 3 aromatic rings. The quantitative estimate of drug-likeness (QED) is 0.258. The Hall–Kier alpha value is -3.55. The topological polar surface area (TPSA) is 115 Å². The van der Waals surface area contributed by atoms with Gasteiger partial charge in [0.25, 0.3) is 0 Å². The van der Waals surface area contributed by atoms with Gasteiger partial charge >= 0.3 is 0 Å². The number of pyridine rings is 1. The Morgan fingerprint density at radius 2 is 2.00 bits per heavy atom. The predicted molar refractivity (Wildman–Crippen MR) is 111 cm³/mol. The van der Waals surface area contributed by atoms with Crippen molar-refractivity contribution in [1.29, 1.82) is 0 Å². The number of halogens is 1. The van der Waals surface area contributed by atoms with Crippen molar-refractivity contribution in [2.45, 2.75) is 24.7 Å². The number of nitrogens with one attached hydrogen (secondary N) is 1. The van der Waals surface area contributed by atoms with Crippen LogP contribution in [0.1, 0.15) is 30.5 Å². The second kappa shape index (κ2) is 7.83. The first-order chi connectivity index (χ1) is 14.1. The van der Waals surface area contributed by atoms with Crippen molar-refractivity contribution in [2.24, 2.45) is 16.7 Å². The summed E-state index contributed by atoms with van der Waals surface area (Å²) in [6.07, 6.45) is 4.50. The molecule has 1 aromatic carbocycles. The zero-order valence-electron chi connectivity index (χ0n) is 15.8. The van der Waals surface area contributed by atoms with Gasteiger partial charge in [0.05, 0.1) is 11.4 Å². The van der Waals surface area contributed by atoms with Crippen LogP contribution in [0.4, 0.5) is 10.2 Å². The Morgan fingerprint density at radius 3 is 2.66 bits per heavy atom. The molecule has 0 saturated heterocycles. The first-order valence-corrected chi connectivity index (χ1v) is 9.44. The summed E-state index contributed by atoms with van der Waals surface area (Å²) in [6, 6.07) is 14.3. The molecule has 0 bridgehead atoms. The summed E-state index contributed by atoms with van der Waals surface area (Å²) in [6.45, 7) is 0.563. The molecule has 148 valence electrons. The van der Waals surface area contributed by atoms with Crippen LogP contribution in [-0.2, 0) is 5.41 Å². The third-order valence-corrected chi connectivity index (χ3v) is 5.44. The molecule has 0 aliphatic heterocycles. The average molecular weight is 391 g/mol. The van der Waals surface area contributed by atoms with E-state index in [1.165, 1.54) is 6.07 Å². The summed E-state index contributed by atoms with van der Waals surface area (Å²) in [5, 5.41) is 15.4. The summed E-state index contributed by atoms with van der Waals surface area (Å²) in [7, 11) is 0. The lowest BCUT2D eigenvalue weighted by atomic mass is 9.66. The lowest BCUT2D eigenvalue weighted by Crippen LogP contribution is -2.42. The Bertz CT molecular complexity index is 1030. The zero-order valence-corrected chi connectivity index (χ0v) is 15.8. The van der Waals surface area contributed by atoms with Gasteiger partial charge < -0.3 is 16.9 Å². The summed E-state index contributed by atoms with van der Waals surface area (Å²) >= 11 is 0. The molecule has 0 amide bonds. The van der Waals surface area contributed by atoms with Gasteiger partial charge in [0.1, 0.15) is 17.5 Å². The van der Waals surface area contributed by atoms with E-state index in [-0.39, 0.29) is 17.1 Å². The van der Waals surface area contributed by atoms with Crippen molar-refractivity contribution in [2.75, 3.05) is 11.9 Å². The first kappa shape index (κ1) is 18.8. The van der Waals surface area contributed by atoms with Crippen LogP contribution in [0.3, 0.4) is 0 Å². The molecule has 7 nitrogen and oxygen atoms in total. The van der Waals surface area contributed by atoms with Crippen LogP contribution < -0.4 is 16.9 Å². The van der Waals surface area contributed by atoms with Crippen molar-refractivity contribution < 1.29 is 4.39 Å². The molecule has 0 atom stereocenters. The Morgan fingerprint density at radius 1 is 1.14 bits per heavy atom. The van der Waals surface area contributed by atoms with Gasteiger partial charge in [-0.1, -0.05) is 24.6 Å². The zero-order chi connectivity index (χ0) is 20.3. The molecule has 8 heteroatoms. The van der Waals surface area contributed by atoms with Crippen molar-refractivity contribution in [3.63, 3.8) is 0 Å². The second-order valence-electron chi connectivity index (χ2n) is 7.22. The van der Waals surface area contributed by atoms with Crippen LogP contribution >= 0.6 is 0 Å². The first-order valence-electron chi connectivity index (χ1n) is 9.44. The van der Waals surface area contributed by atoms with Gasteiger partial charge in [-0.05, 0) is 43.2 Å². The highest BCUT2D eigenvalue weighted by Crippen LogP contribution is 2.43. The van der Waals surface area contributed by atoms with Crippen LogP contribution in [0, 0.1) is 5.82 Å². The fourth-order valence-corrected chi connectivity index (χ4v) is 3.63. The van der Waals surface area contributed by atoms with Crippen LogP contribution in [0.2, 0.25) is 0 Å².